The van der Waals surface area contributed by atoms with Crippen LogP contribution >= 0.6 is 0 Å². The Hall–Kier alpha value is -0.940. The summed E-state index contributed by atoms with van der Waals surface area (Å²) in [6, 6.07) is 0. The van der Waals surface area contributed by atoms with E-state index in [4.69, 9.17) is 5.73 Å². The fourth-order valence-corrected chi connectivity index (χ4v) is 3.18. The zero-order valence-electron chi connectivity index (χ0n) is 12.3. The van der Waals surface area contributed by atoms with E-state index in [1.807, 2.05) is 4.68 Å². The molecule has 0 spiro atoms. The Kier molecular flexibility index (Phi) is 4.93. The molecule has 1 aromatic rings. The van der Waals surface area contributed by atoms with Gasteiger partial charge in [-0.1, -0.05) is 25.7 Å². The van der Waals surface area contributed by atoms with E-state index in [-0.39, 0.29) is 5.54 Å². The Morgan fingerprint density at radius 3 is 2.58 bits per heavy atom. The molecule has 1 heterocycles. The third kappa shape index (κ3) is 3.15. The third-order valence-corrected chi connectivity index (χ3v) is 4.60. The SMILES string of the molecule is CCn1ncnc1CN(C)C1(CN)CCCCCC1. The second kappa shape index (κ2) is 6.48. The van der Waals surface area contributed by atoms with Crippen molar-refractivity contribution in [1.29, 1.82) is 0 Å². The minimum Gasteiger partial charge on any atom is -0.329 e. The fourth-order valence-electron chi connectivity index (χ4n) is 3.18. The molecule has 1 aromatic heterocycles. The smallest absolute Gasteiger partial charge is 0.141 e. The van der Waals surface area contributed by atoms with E-state index in [0.29, 0.717) is 0 Å². The maximum atomic E-state index is 6.12. The molecule has 2 N–H and O–H groups in total. The van der Waals surface area contributed by atoms with Crippen LogP contribution in [0, 0.1) is 0 Å². The molecule has 5 heteroatoms. The zero-order valence-corrected chi connectivity index (χ0v) is 12.3. The van der Waals surface area contributed by atoms with Gasteiger partial charge in [0, 0.05) is 18.6 Å². The molecule has 1 aliphatic carbocycles. The van der Waals surface area contributed by atoms with Gasteiger partial charge < -0.3 is 5.73 Å². The van der Waals surface area contributed by atoms with Crippen molar-refractivity contribution in [2.24, 2.45) is 5.73 Å². The number of hydrogen-bond donors (Lipinski definition) is 1. The van der Waals surface area contributed by atoms with Crippen molar-refractivity contribution in [3.8, 4) is 0 Å². The summed E-state index contributed by atoms with van der Waals surface area (Å²) in [6.45, 7) is 4.55. The Balaban J connectivity index is 2.09. The predicted octanol–water partition coefficient (Wildman–Crippen LogP) is 1.78. The highest BCUT2D eigenvalue weighted by Gasteiger charge is 2.34. The van der Waals surface area contributed by atoms with Crippen LogP contribution in [-0.2, 0) is 13.1 Å². The van der Waals surface area contributed by atoms with Crippen molar-refractivity contribution in [1.82, 2.24) is 19.7 Å². The largest absolute Gasteiger partial charge is 0.329 e. The first-order valence-corrected chi connectivity index (χ1v) is 7.50. The van der Waals surface area contributed by atoms with Gasteiger partial charge in [-0.3, -0.25) is 4.90 Å². The number of hydrogen-bond acceptors (Lipinski definition) is 4. The van der Waals surface area contributed by atoms with Crippen molar-refractivity contribution in [3.05, 3.63) is 12.2 Å². The minimum atomic E-state index is 0.154. The maximum absolute atomic E-state index is 6.12. The van der Waals surface area contributed by atoms with E-state index in [2.05, 4.69) is 29.0 Å². The highest BCUT2D eigenvalue weighted by Crippen LogP contribution is 2.31. The van der Waals surface area contributed by atoms with Gasteiger partial charge in [-0.15, -0.1) is 0 Å². The van der Waals surface area contributed by atoms with Gasteiger partial charge in [-0.05, 0) is 26.8 Å². The quantitative estimate of drug-likeness (QED) is 0.824. The molecule has 0 unspecified atom stereocenters. The second-order valence-electron chi connectivity index (χ2n) is 5.69. The van der Waals surface area contributed by atoms with Gasteiger partial charge in [0.15, 0.2) is 0 Å². The van der Waals surface area contributed by atoms with Crippen LogP contribution in [0.5, 0.6) is 0 Å². The molecule has 1 saturated carbocycles. The summed E-state index contributed by atoms with van der Waals surface area (Å²) >= 11 is 0. The molecule has 19 heavy (non-hydrogen) atoms. The van der Waals surface area contributed by atoms with E-state index in [1.54, 1.807) is 6.33 Å². The van der Waals surface area contributed by atoms with Gasteiger partial charge in [0.1, 0.15) is 12.2 Å². The Morgan fingerprint density at radius 2 is 2.00 bits per heavy atom. The highest BCUT2D eigenvalue weighted by molar-refractivity contribution is 4.95. The van der Waals surface area contributed by atoms with Gasteiger partial charge in [0.2, 0.25) is 0 Å². The second-order valence-corrected chi connectivity index (χ2v) is 5.69. The van der Waals surface area contributed by atoms with Crippen molar-refractivity contribution < 1.29 is 0 Å². The van der Waals surface area contributed by atoms with Crippen LogP contribution in [0.25, 0.3) is 0 Å². The number of aromatic nitrogens is 3. The molecule has 0 amide bonds. The molecule has 0 saturated heterocycles. The predicted molar refractivity (Wildman–Crippen MR) is 76.7 cm³/mol. The number of aryl methyl sites for hydroxylation is 1. The summed E-state index contributed by atoms with van der Waals surface area (Å²) in [6.07, 6.45) is 9.35. The topological polar surface area (TPSA) is 60.0 Å². The molecule has 0 atom stereocenters. The van der Waals surface area contributed by atoms with Crippen molar-refractivity contribution in [2.45, 2.75) is 64.1 Å². The number of nitrogens with two attached hydrogens (primary N) is 1. The molecule has 0 aliphatic heterocycles. The van der Waals surface area contributed by atoms with E-state index in [9.17, 15) is 0 Å². The average molecular weight is 265 g/mol. The Labute approximate surface area is 116 Å². The van der Waals surface area contributed by atoms with Gasteiger partial charge in [0.25, 0.3) is 0 Å². The third-order valence-electron chi connectivity index (χ3n) is 4.60. The maximum Gasteiger partial charge on any atom is 0.141 e. The van der Waals surface area contributed by atoms with Crippen LogP contribution < -0.4 is 5.73 Å². The zero-order chi connectivity index (χ0) is 13.7. The molecule has 2 rings (SSSR count). The van der Waals surface area contributed by atoms with Crippen LogP contribution in [0.1, 0.15) is 51.3 Å². The normalized spacial score (nSPS) is 19.6. The summed E-state index contributed by atoms with van der Waals surface area (Å²) in [5.74, 6) is 1.04. The molecule has 1 fully saturated rings. The molecule has 5 nitrogen and oxygen atoms in total. The van der Waals surface area contributed by atoms with E-state index >= 15 is 0 Å². The van der Waals surface area contributed by atoms with E-state index in [0.717, 1.165) is 25.5 Å². The van der Waals surface area contributed by atoms with Gasteiger partial charge in [-0.25, -0.2) is 9.67 Å². The lowest BCUT2D eigenvalue weighted by molar-refractivity contribution is 0.0953. The Bertz CT molecular complexity index is 379. The van der Waals surface area contributed by atoms with Crippen LogP contribution in [0.4, 0.5) is 0 Å². The van der Waals surface area contributed by atoms with Gasteiger partial charge in [0.05, 0.1) is 6.54 Å². The number of nitrogens with zero attached hydrogens (tertiary/aromatic N) is 4. The fraction of sp³-hybridized carbons (Fsp3) is 0.857. The Morgan fingerprint density at radius 1 is 1.32 bits per heavy atom. The summed E-state index contributed by atoms with van der Waals surface area (Å²) < 4.78 is 1.97. The van der Waals surface area contributed by atoms with Crippen LogP contribution in [0.2, 0.25) is 0 Å². The van der Waals surface area contributed by atoms with Crippen molar-refractivity contribution in [3.63, 3.8) is 0 Å². The lowest BCUT2D eigenvalue weighted by Crippen LogP contribution is -2.51. The van der Waals surface area contributed by atoms with Crippen LogP contribution in [0.3, 0.4) is 0 Å². The lowest BCUT2D eigenvalue weighted by atomic mass is 9.88. The van der Waals surface area contributed by atoms with E-state index in [1.165, 1.54) is 38.5 Å². The van der Waals surface area contributed by atoms with Crippen molar-refractivity contribution >= 4 is 0 Å². The molecule has 0 radical (unpaired) electrons. The summed E-state index contributed by atoms with van der Waals surface area (Å²) in [4.78, 5) is 6.79. The summed E-state index contributed by atoms with van der Waals surface area (Å²) in [5.41, 5.74) is 6.28. The van der Waals surface area contributed by atoms with Gasteiger partial charge >= 0.3 is 0 Å². The molecule has 0 aromatic carbocycles. The molecular weight excluding hydrogens is 238 g/mol. The van der Waals surface area contributed by atoms with Crippen LogP contribution in [0.15, 0.2) is 6.33 Å². The molecule has 1 aliphatic rings. The molecular formula is C14H27N5. The summed E-state index contributed by atoms with van der Waals surface area (Å²) in [5, 5.41) is 4.25. The van der Waals surface area contributed by atoms with Gasteiger partial charge in [-0.2, -0.15) is 5.10 Å². The summed E-state index contributed by atoms with van der Waals surface area (Å²) in [7, 11) is 2.19. The first-order chi connectivity index (χ1) is 9.22. The van der Waals surface area contributed by atoms with Crippen molar-refractivity contribution in [2.75, 3.05) is 13.6 Å². The van der Waals surface area contributed by atoms with E-state index < -0.39 is 0 Å². The molecule has 108 valence electrons. The lowest BCUT2D eigenvalue weighted by Gasteiger charge is -2.40. The number of likely N-dealkylation sites (N-methyl/N-ethyl adjacent to an activating group) is 1. The highest BCUT2D eigenvalue weighted by atomic mass is 15.3. The molecule has 0 bridgehead atoms. The van der Waals surface area contributed by atoms with Crippen LogP contribution in [-0.4, -0.2) is 38.8 Å². The number of rotatable bonds is 5. The standard InChI is InChI=1S/C14H27N5/c1-3-19-13(16-12-17-19)10-18(2)14(11-15)8-6-4-5-7-9-14/h12H,3-11,15H2,1-2H3. The average Bonchev–Trinajstić information content (AvgIpc) is 2.73. The first-order valence-electron chi connectivity index (χ1n) is 7.50. The first kappa shape index (κ1) is 14.5. The minimum absolute atomic E-state index is 0.154. The monoisotopic (exact) mass is 265 g/mol.